The van der Waals surface area contributed by atoms with Gasteiger partial charge < -0.3 is 14.8 Å². The number of methoxy groups -OCH3 is 2. The number of nitrogens with zero attached hydrogens (tertiary/aromatic N) is 1. The third-order valence-corrected chi connectivity index (χ3v) is 5.72. The van der Waals surface area contributed by atoms with Crippen LogP contribution in [0.3, 0.4) is 0 Å². The molecule has 3 aromatic rings. The van der Waals surface area contributed by atoms with Crippen molar-refractivity contribution in [1.82, 2.24) is 0 Å². The van der Waals surface area contributed by atoms with Crippen molar-refractivity contribution in [2.45, 2.75) is 13.8 Å². The molecule has 0 fully saturated rings. The molecule has 1 aliphatic rings. The third-order valence-electron chi connectivity index (χ3n) is 5.49. The van der Waals surface area contributed by atoms with Crippen molar-refractivity contribution in [3.05, 3.63) is 88.1 Å². The molecule has 168 valence electrons. The summed E-state index contributed by atoms with van der Waals surface area (Å²) in [6.45, 7) is 3.78. The number of anilines is 2. The lowest BCUT2D eigenvalue weighted by atomic mass is 10.0. The summed E-state index contributed by atoms with van der Waals surface area (Å²) >= 11 is 6.19. The van der Waals surface area contributed by atoms with Crippen LogP contribution >= 0.6 is 11.6 Å². The molecule has 0 atom stereocenters. The maximum Gasteiger partial charge on any atom is 0.282 e. The molecule has 6 nitrogen and oxygen atoms in total. The summed E-state index contributed by atoms with van der Waals surface area (Å²) in [7, 11) is 3.05. The van der Waals surface area contributed by atoms with Crippen molar-refractivity contribution in [2.75, 3.05) is 24.4 Å². The van der Waals surface area contributed by atoms with E-state index in [-0.39, 0.29) is 11.3 Å². The van der Waals surface area contributed by atoms with Gasteiger partial charge in [0.25, 0.3) is 11.8 Å². The van der Waals surface area contributed by atoms with E-state index in [4.69, 9.17) is 21.1 Å². The fourth-order valence-electron chi connectivity index (χ4n) is 3.84. The first-order valence-corrected chi connectivity index (χ1v) is 10.7. The zero-order chi connectivity index (χ0) is 23.7. The minimum Gasteiger partial charge on any atom is -0.496 e. The summed E-state index contributed by atoms with van der Waals surface area (Å²) in [6, 6.07) is 17.8. The van der Waals surface area contributed by atoms with E-state index in [0.29, 0.717) is 33.5 Å². The Balaban J connectivity index is 1.92. The van der Waals surface area contributed by atoms with Crippen LogP contribution in [0.2, 0.25) is 5.02 Å². The monoisotopic (exact) mass is 462 g/mol. The smallest absolute Gasteiger partial charge is 0.282 e. The minimum absolute atomic E-state index is 0.117. The van der Waals surface area contributed by atoms with Crippen LogP contribution in [0.25, 0.3) is 5.57 Å². The molecular weight excluding hydrogens is 440 g/mol. The van der Waals surface area contributed by atoms with Crippen LogP contribution in [0.1, 0.15) is 16.7 Å². The van der Waals surface area contributed by atoms with Crippen molar-refractivity contribution < 1.29 is 19.1 Å². The number of amides is 2. The van der Waals surface area contributed by atoms with Crippen LogP contribution in [0.15, 0.2) is 66.4 Å². The van der Waals surface area contributed by atoms with Crippen LogP contribution in [-0.2, 0) is 9.59 Å². The molecule has 0 aliphatic carbocycles. The van der Waals surface area contributed by atoms with Gasteiger partial charge in [0, 0.05) is 10.6 Å². The van der Waals surface area contributed by atoms with Crippen molar-refractivity contribution in [1.29, 1.82) is 0 Å². The van der Waals surface area contributed by atoms with E-state index in [9.17, 15) is 9.59 Å². The number of rotatable bonds is 6. The normalized spacial score (nSPS) is 13.5. The molecule has 2 amide bonds. The summed E-state index contributed by atoms with van der Waals surface area (Å²) in [6.07, 6.45) is 0. The van der Waals surface area contributed by atoms with Gasteiger partial charge in [-0.1, -0.05) is 41.9 Å². The Kier molecular flexibility index (Phi) is 6.11. The van der Waals surface area contributed by atoms with Gasteiger partial charge >= 0.3 is 0 Å². The van der Waals surface area contributed by atoms with Gasteiger partial charge in [0.05, 0.1) is 31.2 Å². The minimum atomic E-state index is -0.475. The highest BCUT2D eigenvalue weighted by Gasteiger charge is 2.42. The molecule has 0 radical (unpaired) electrons. The number of halogens is 1. The van der Waals surface area contributed by atoms with Crippen LogP contribution in [-0.4, -0.2) is 26.0 Å². The maximum atomic E-state index is 13.8. The average molecular weight is 463 g/mol. The van der Waals surface area contributed by atoms with Crippen LogP contribution < -0.4 is 19.7 Å². The Hall–Kier alpha value is -3.77. The second-order valence-electron chi connectivity index (χ2n) is 7.66. The molecule has 0 aromatic heterocycles. The number of ether oxygens (including phenoxy) is 2. The zero-order valence-corrected chi connectivity index (χ0v) is 19.5. The molecule has 1 aliphatic heterocycles. The number of carbonyl (C=O) groups is 2. The van der Waals surface area contributed by atoms with E-state index in [1.54, 1.807) is 42.5 Å². The third kappa shape index (κ3) is 4.05. The topological polar surface area (TPSA) is 67.9 Å². The van der Waals surface area contributed by atoms with E-state index in [2.05, 4.69) is 5.32 Å². The predicted molar refractivity (Wildman–Crippen MR) is 130 cm³/mol. The number of hydrogen-bond donors (Lipinski definition) is 1. The molecule has 0 saturated heterocycles. The van der Waals surface area contributed by atoms with Crippen LogP contribution in [0, 0.1) is 13.8 Å². The molecular formula is C26H23ClN2O4. The highest BCUT2D eigenvalue weighted by molar-refractivity contribution is 6.46. The Bertz CT molecular complexity index is 1300. The number of carbonyl (C=O) groups excluding carboxylic acids is 2. The van der Waals surface area contributed by atoms with E-state index in [0.717, 1.165) is 11.1 Å². The number of hydrogen-bond acceptors (Lipinski definition) is 5. The number of nitrogens with one attached hydrogen (secondary N) is 1. The molecule has 33 heavy (non-hydrogen) atoms. The summed E-state index contributed by atoms with van der Waals surface area (Å²) in [4.78, 5) is 28.7. The molecule has 0 bridgehead atoms. The molecule has 1 heterocycles. The van der Waals surface area contributed by atoms with Gasteiger partial charge in [0.1, 0.15) is 17.2 Å². The SMILES string of the molecule is COc1ccc(Cl)cc1NC1=C(c2ccccc2OC)C(=O)N(c2cc(C)ccc2C)C1=O. The Labute approximate surface area is 197 Å². The first-order valence-electron chi connectivity index (χ1n) is 10.3. The lowest BCUT2D eigenvalue weighted by Crippen LogP contribution is -2.33. The number of benzene rings is 3. The second kappa shape index (κ2) is 9.00. The van der Waals surface area contributed by atoms with Gasteiger partial charge in [-0.25, -0.2) is 4.90 Å². The van der Waals surface area contributed by atoms with Crippen LogP contribution in [0.4, 0.5) is 11.4 Å². The Morgan fingerprint density at radius 2 is 1.58 bits per heavy atom. The van der Waals surface area contributed by atoms with Gasteiger partial charge in [-0.3, -0.25) is 9.59 Å². The average Bonchev–Trinajstić information content (AvgIpc) is 3.04. The van der Waals surface area contributed by atoms with Gasteiger partial charge in [0.2, 0.25) is 0 Å². The Morgan fingerprint density at radius 1 is 0.848 bits per heavy atom. The summed E-state index contributed by atoms with van der Waals surface area (Å²) < 4.78 is 10.9. The quantitative estimate of drug-likeness (QED) is 0.499. The summed E-state index contributed by atoms with van der Waals surface area (Å²) in [5, 5.41) is 3.58. The lowest BCUT2D eigenvalue weighted by Gasteiger charge is -2.19. The lowest BCUT2D eigenvalue weighted by molar-refractivity contribution is -0.120. The first-order chi connectivity index (χ1) is 15.8. The summed E-state index contributed by atoms with van der Waals surface area (Å²) in [5.74, 6) is 0.0452. The molecule has 0 saturated carbocycles. The van der Waals surface area contributed by atoms with E-state index in [1.807, 2.05) is 32.0 Å². The maximum absolute atomic E-state index is 13.8. The Morgan fingerprint density at radius 3 is 2.30 bits per heavy atom. The second-order valence-corrected chi connectivity index (χ2v) is 8.09. The standard InChI is InChI=1S/C26H23ClN2O4/c1-15-9-10-16(2)20(13-15)29-25(30)23(18-7-5-6-8-21(18)32-3)24(26(29)31)28-19-14-17(27)11-12-22(19)33-4/h5-14,28H,1-4H3. The van der Waals surface area contributed by atoms with Crippen molar-refractivity contribution in [3.63, 3.8) is 0 Å². The van der Waals surface area contributed by atoms with Crippen molar-refractivity contribution >= 4 is 40.4 Å². The first kappa shape index (κ1) is 22.4. The fraction of sp³-hybridized carbons (Fsp3) is 0.154. The fourth-order valence-corrected chi connectivity index (χ4v) is 4.01. The number of aryl methyl sites for hydroxylation is 2. The predicted octanol–water partition coefficient (Wildman–Crippen LogP) is 5.37. The van der Waals surface area contributed by atoms with E-state index < -0.39 is 11.8 Å². The van der Waals surface area contributed by atoms with Crippen LogP contribution in [0.5, 0.6) is 11.5 Å². The van der Waals surface area contributed by atoms with Gasteiger partial charge in [-0.15, -0.1) is 0 Å². The van der Waals surface area contributed by atoms with E-state index in [1.165, 1.54) is 19.1 Å². The van der Waals surface area contributed by atoms with E-state index >= 15 is 0 Å². The highest BCUT2D eigenvalue weighted by atomic mass is 35.5. The molecule has 0 spiro atoms. The van der Waals surface area contributed by atoms with Crippen molar-refractivity contribution in [3.8, 4) is 11.5 Å². The molecule has 0 unspecified atom stereocenters. The van der Waals surface area contributed by atoms with Gasteiger partial charge in [0.15, 0.2) is 0 Å². The zero-order valence-electron chi connectivity index (χ0n) is 18.7. The number of para-hydroxylation sites is 1. The molecule has 7 heteroatoms. The van der Waals surface area contributed by atoms with Gasteiger partial charge in [-0.2, -0.15) is 0 Å². The molecule has 3 aromatic carbocycles. The highest BCUT2D eigenvalue weighted by Crippen LogP contribution is 2.40. The van der Waals surface area contributed by atoms with Gasteiger partial charge in [-0.05, 0) is 55.3 Å². The number of imide groups is 1. The molecule has 1 N–H and O–H groups in total. The van der Waals surface area contributed by atoms with Crippen molar-refractivity contribution in [2.24, 2.45) is 0 Å². The largest absolute Gasteiger partial charge is 0.496 e. The summed E-state index contributed by atoms with van der Waals surface area (Å²) in [5.41, 5.74) is 3.58. The molecule has 4 rings (SSSR count).